The maximum Gasteiger partial charge on any atom is 0.336 e. The fraction of sp³-hybridized carbons (Fsp3) is 0.520. The van der Waals surface area contributed by atoms with E-state index >= 15 is 0 Å². The molecule has 3 aromatic heterocycles. The van der Waals surface area contributed by atoms with Crippen molar-refractivity contribution in [1.29, 1.82) is 0 Å². The highest BCUT2D eigenvalue weighted by Crippen LogP contribution is 2.32. The Morgan fingerprint density at radius 2 is 1.89 bits per heavy atom. The molecule has 4 aromatic rings. The number of aromatic nitrogens is 6. The number of aryl methyl sites for hydroxylation is 1. The molecule has 1 fully saturated rings. The predicted octanol–water partition coefficient (Wildman–Crippen LogP) is 2.40. The lowest BCUT2D eigenvalue weighted by molar-refractivity contribution is 0.233. The number of aromatic amines is 1. The summed E-state index contributed by atoms with van der Waals surface area (Å²) in [7, 11) is -3.76. The molecule has 0 atom stereocenters. The summed E-state index contributed by atoms with van der Waals surface area (Å²) in [6.45, 7) is 7.92. The van der Waals surface area contributed by atoms with Gasteiger partial charge in [0.05, 0.1) is 17.1 Å². The van der Waals surface area contributed by atoms with Gasteiger partial charge in [0.1, 0.15) is 23.4 Å². The number of rotatable bonds is 11. The molecule has 38 heavy (non-hydrogen) atoms. The van der Waals surface area contributed by atoms with E-state index in [4.69, 9.17) is 9.72 Å². The fourth-order valence-corrected chi connectivity index (χ4v) is 5.88. The standard InChI is InChI=1S/C25H34N8O4S/c1-3-11-32-23-21(24-30-26-17-33(24)25(32)34)28-22(29-23)19-16-18(8-9-20(19)37-15-4-2)38(35,36)27-10-14-31-12-6-5-7-13-31/h8-9,16-17,27H,3-7,10-15H2,1-2H3,(H,28,29). The van der Waals surface area contributed by atoms with Crippen LogP contribution >= 0.6 is 0 Å². The van der Waals surface area contributed by atoms with Crippen molar-refractivity contribution in [2.75, 3.05) is 32.8 Å². The number of sulfonamides is 1. The highest BCUT2D eigenvalue weighted by Gasteiger charge is 2.22. The highest BCUT2D eigenvalue weighted by molar-refractivity contribution is 7.89. The van der Waals surface area contributed by atoms with Gasteiger partial charge < -0.3 is 14.6 Å². The first-order valence-corrected chi connectivity index (χ1v) is 14.7. The van der Waals surface area contributed by atoms with Crippen LogP contribution in [0.1, 0.15) is 46.0 Å². The van der Waals surface area contributed by atoms with Gasteiger partial charge >= 0.3 is 5.69 Å². The van der Waals surface area contributed by atoms with Gasteiger partial charge in [-0.05, 0) is 57.0 Å². The van der Waals surface area contributed by atoms with Gasteiger partial charge in [0.2, 0.25) is 10.0 Å². The lowest BCUT2D eigenvalue weighted by atomic mass is 10.1. The summed E-state index contributed by atoms with van der Waals surface area (Å²) in [6, 6.07) is 4.77. The van der Waals surface area contributed by atoms with Crippen molar-refractivity contribution in [3.05, 3.63) is 35.0 Å². The number of nitrogens with one attached hydrogen (secondary N) is 2. The van der Waals surface area contributed by atoms with Gasteiger partial charge in [0, 0.05) is 19.6 Å². The first kappa shape index (κ1) is 26.3. The second kappa shape index (κ2) is 11.2. The van der Waals surface area contributed by atoms with Crippen molar-refractivity contribution in [3.63, 3.8) is 0 Å². The Morgan fingerprint density at radius 1 is 1.08 bits per heavy atom. The first-order chi connectivity index (χ1) is 18.4. The van der Waals surface area contributed by atoms with Crippen LogP contribution < -0.4 is 15.1 Å². The molecule has 4 heterocycles. The maximum atomic E-state index is 13.2. The number of benzene rings is 1. The Balaban J connectivity index is 1.53. The van der Waals surface area contributed by atoms with Crippen LogP contribution in [0.25, 0.3) is 28.2 Å². The topological polar surface area (TPSA) is 140 Å². The quantitative estimate of drug-likeness (QED) is 0.295. The van der Waals surface area contributed by atoms with Crippen LogP contribution in [0, 0.1) is 0 Å². The third kappa shape index (κ3) is 5.18. The number of ether oxygens (including phenoxy) is 1. The molecule has 1 aromatic carbocycles. The van der Waals surface area contributed by atoms with E-state index in [-0.39, 0.29) is 10.6 Å². The Kier molecular flexibility index (Phi) is 7.77. The molecule has 1 saturated heterocycles. The maximum absolute atomic E-state index is 13.2. The molecule has 1 aliphatic rings. The number of nitrogens with zero attached hydrogens (tertiary/aromatic N) is 6. The summed E-state index contributed by atoms with van der Waals surface area (Å²) in [5, 5.41) is 8.00. The zero-order valence-electron chi connectivity index (χ0n) is 21.8. The molecular formula is C25H34N8O4S. The van der Waals surface area contributed by atoms with Gasteiger partial charge in [-0.1, -0.05) is 20.3 Å². The number of H-pyrrole nitrogens is 1. The van der Waals surface area contributed by atoms with Gasteiger partial charge in [-0.15, -0.1) is 10.2 Å². The second-order valence-corrected chi connectivity index (χ2v) is 11.3. The average molecular weight is 543 g/mol. The summed E-state index contributed by atoms with van der Waals surface area (Å²) in [6.07, 6.45) is 6.43. The minimum Gasteiger partial charge on any atom is -0.493 e. The molecule has 12 nitrogen and oxygen atoms in total. The third-order valence-corrected chi connectivity index (χ3v) is 8.20. The largest absolute Gasteiger partial charge is 0.493 e. The van der Waals surface area contributed by atoms with Crippen LogP contribution in [0.15, 0.2) is 34.2 Å². The highest BCUT2D eigenvalue weighted by atomic mass is 32.2. The van der Waals surface area contributed by atoms with Crippen LogP contribution in [0.3, 0.4) is 0 Å². The Hall–Kier alpha value is -3.29. The van der Waals surface area contributed by atoms with Crippen molar-refractivity contribution in [3.8, 4) is 17.1 Å². The van der Waals surface area contributed by atoms with Crippen LogP contribution in [0.5, 0.6) is 5.75 Å². The van der Waals surface area contributed by atoms with Crippen LogP contribution in [0.4, 0.5) is 0 Å². The minimum atomic E-state index is -3.76. The number of likely N-dealkylation sites (tertiary alicyclic amines) is 1. The molecule has 1 aliphatic heterocycles. The summed E-state index contributed by atoms with van der Waals surface area (Å²) in [5.41, 5.74) is 1.53. The van der Waals surface area contributed by atoms with E-state index in [0.717, 1.165) is 38.8 Å². The average Bonchev–Trinajstić information content (AvgIpc) is 3.58. The summed E-state index contributed by atoms with van der Waals surface area (Å²) >= 11 is 0. The summed E-state index contributed by atoms with van der Waals surface area (Å²) in [5.74, 6) is 0.886. The Labute approximate surface area is 221 Å². The molecule has 0 amide bonds. The first-order valence-electron chi connectivity index (χ1n) is 13.2. The third-order valence-electron chi connectivity index (χ3n) is 6.74. The minimum absolute atomic E-state index is 0.119. The summed E-state index contributed by atoms with van der Waals surface area (Å²) < 4.78 is 38.1. The summed E-state index contributed by atoms with van der Waals surface area (Å²) in [4.78, 5) is 23.4. The molecule has 204 valence electrons. The van der Waals surface area contributed by atoms with Crippen molar-refractivity contribution >= 4 is 26.8 Å². The predicted molar refractivity (Wildman–Crippen MR) is 144 cm³/mol. The molecule has 0 spiro atoms. The van der Waals surface area contributed by atoms with E-state index in [1.165, 1.54) is 17.1 Å². The van der Waals surface area contributed by atoms with E-state index in [1.54, 1.807) is 22.8 Å². The zero-order chi connectivity index (χ0) is 26.7. The molecule has 13 heteroatoms. The van der Waals surface area contributed by atoms with Gasteiger partial charge in [0.15, 0.2) is 11.3 Å². The van der Waals surface area contributed by atoms with Crippen LogP contribution in [0.2, 0.25) is 0 Å². The lowest BCUT2D eigenvalue weighted by Crippen LogP contribution is -2.37. The van der Waals surface area contributed by atoms with Crippen molar-refractivity contribution in [2.24, 2.45) is 0 Å². The molecule has 5 rings (SSSR count). The number of piperidine rings is 1. The molecule has 0 radical (unpaired) electrons. The van der Waals surface area contributed by atoms with Gasteiger partial charge in [-0.2, -0.15) is 0 Å². The van der Waals surface area contributed by atoms with Gasteiger partial charge in [-0.25, -0.2) is 27.3 Å². The van der Waals surface area contributed by atoms with E-state index in [2.05, 4.69) is 24.8 Å². The molecule has 0 bridgehead atoms. The van der Waals surface area contributed by atoms with E-state index in [9.17, 15) is 13.2 Å². The van der Waals surface area contributed by atoms with Crippen LogP contribution in [-0.4, -0.2) is 75.2 Å². The van der Waals surface area contributed by atoms with Gasteiger partial charge in [-0.3, -0.25) is 4.57 Å². The normalized spacial score (nSPS) is 15.0. The fourth-order valence-electron chi connectivity index (χ4n) is 4.84. The SMILES string of the molecule is CCCOc1ccc(S(=O)(=O)NCCN2CCCCC2)cc1-c1nc2c([nH]1)c1nncn1c(=O)n2CCC. The van der Waals surface area contributed by atoms with Crippen molar-refractivity contribution in [1.82, 2.24) is 38.8 Å². The number of imidazole rings is 1. The van der Waals surface area contributed by atoms with E-state index < -0.39 is 10.0 Å². The molecule has 0 unspecified atom stereocenters. The second-order valence-electron chi connectivity index (χ2n) is 9.55. The lowest BCUT2D eigenvalue weighted by Gasteiger charge is -2.26. The van der Waals surface area contributed by atoms with Crippen LogP contribution in [-0.2, 0) is 16.6 Å². The van der Waals surface area contributed by atoms with Crippen molar-refractivity contribution in [2.45, 2.75) is 57.4 Å². The molecule has 2 N–H and O–H groups in total. The zero-order valence-corrected chi connectivity index (χ0v) is 22.6. The smallest absolute Gasteiger partial charge is 0.336 e. The van der Waals surface area contributed by atoms with E-state index in [1.807, 2.05) is 13.8 Å². The monoisotopic (exact) mass is 542 g/mol. The molecule has 0 saturated carbocycles. The molecule has 0 aliphatic carbocycles. The molecular weight excluding hydrogens is 508 g/mol. The number of fused-ring (bicyclic) bond motifs is 3. The Bertz CT molecular complexity index is 1580. The van der Waals surface area contributed by atoms with Gasteiger partial charge in [0.25, 0.3) is 0 Å². The number of hydrogen-bond donors (Lipinski definition) is 2. The van der Waals surface area contributed by atoms with E-state index in [0.29, 0.717) is 60.2 Å². The Morgan fingerprint density at radius 3 is 2.66 bits per heavy atom. The van der Waals surface area contributed by atoms with Crippen molar-refractivity contribution < 1.29 is 13.2 Å². The number of hydrogen-bond acceptors (Lipinski definition) is 8.